The van der Waals surface area contributed by atoms with E-state index < -0.39 is 29.5 Å². The van der Waals surface area contributed by atoms with Gasteiger partial charge in [0.2, 0.25) is 0 Å². The van der Waals surface area contributed by atoms with Crippen molar-refractivity contribution < 1.29 is 86.9 Å². The van der Waals surface area contributed by atoms with Gasteiger partial charge >= 0.3 is 59.1 Å². The third-order valence-electron chi connectivity index (χ3n) is 8.65. The van der Waals surface area contributed by atoms with Gasteiger partial charge in [0.25, 0.3) is 0 Å². The number of hydrogen-bond donors (Lipinski definition) is 3. The van der Waals surface area contributed by atoms with Gasteiger partial charge in [-0.25, -0.2) is 0 Å². The first kappa shape index (κ1) is 25.2. The van der Waals surface area contributed by atoms with Crippen LogP contribution in [0.3, 0.4) is 0 Å². The molecule has 3 fully saturated rings. The van der Waals surface area contributed by atoms with Crippen molar-refractivity contribution in [3.8, 4) is 0 Å². The summed E-state index contributed by atoms with van der Waals surface area (Å²) in [4.78, 5) is 24.3. The van der Waals surface area contributed by atoms with Gasteiger partial charge in [0.05, 0.1) is 6.10 Å². The van der Waals surface area contributed by atoms with Crippen LogP contribution in [0.4, 0.5) is 0 Å². The van der Waals surface area contributed by atoms with Crippen molar-refractivity contribution in [2.75, 3.05) is 6.61 Å². The maximum absolute atomic E-state index is 12.4. The standard InChI is InChI=1S/C21H30O5.2Na.2H/c1-19-7-5-13(23)9-12(19)3-4-14-15-6-8-21(26,17(25)11-22)20(15,2)10-16(24)18(14)19;;;;/h9,14-16,18,22,24,26H,3-8,10-11H2,1-2H3;;;;/q;2*+1;2*-1/t14-,15-,16-,18+,19-,20-,21-;;;;/m0..../s1. The van der Waals surface area contributed by atoms with Gasteiger partial charge in [-0.1, -0.05) is 19.4 Å². The number of hydrogen-bond acceptors (Lipinski definition) is 5. The molecule has 4 aliphatic rings. The van der Waals surface area contributed by atoms with Crippen molar-refractivity contribution in [3.63, 3.8) is 0 Å². The number of aliphatic hydroxyl groups is 3. The Morgan fingerprint density at radius 1 is 1.21 bits per heavy atom. The second kappa shape index (κ2) is 8.48. The molecule has 3 saturated carbocycles. The number of fused-ring (bicyclic) bond motifs is 5. The molecule has 0 spiro atoms. The van der Waals surface area contributed by atoms with E-state index in [1.807, 2.05) is 6.92 Å². The Morgan fingerprint density at radius 3 is 2.54 bits per heavy atom. The average Bonchev–Trinajstić information content (AvgIpc) is 2.86. The summed E-state index contributed by atoms with van der Waals surface area (Å²) in [6, 6.07) is 0. The fourth-order valence-corrected chi connectivity index (χ4v) is 7.28. The van der Waals surface area contributed by atoms with Gasteiger partial charge in [-0.3, -0.25) is 9.59 Å². The molecule has 0 radical (unpaired) electrons. The Hall–Kier alpha value is 0.960. The largest absolute Gasteiger partial charge is 1.00 e. The molecule has 0 heterocycles. The van der Waals surface area contributed by atoms with Gasteiger partial charge in [-0.2, -0.15) is 0 Å². The van der Waals surface area contributed by atoms with Crippen molar-refractivity contribution in [3.05, 3.63) is 11.6 Å². The van der Waals surface area contributed by atoms with E-state index in [0.29, 0.717) is 19.3 Å². The van der Waals surface area contributed by atoms with Gasteiger partial charge in [-0.15, -0.1) is 0 Å². The molecule has 0 aliphatic heterocycles. The molecular weight excluding hydrogens is 378 g/mol. The van der Waals surface area contributed by atoms with Crippen molar-refractivity contribution in [1.29, 1.82) is 0 Å². The van der Waals surface area contributed by atoms with E-state index in [4.69, 9.17) is 0 Å². The third kappa shape index (κ3) is 3.32. The molecule has 0 amide bonds. The van der Waals surface area contributed by atoms with Crippen LogP contribution in [-0.4, -0.2) is 45.2 Å². The smallest absolute Gasteiger partial charge is 1.00 e. The summed E-state index contributed by atoms with van der Waals surface area (Å²) >= 11 is 0. The minimum Gasteiger partial charge on any atom is -1.00 e. The van der Waals surface area contributed by atoms with Crippen molar-refractivity contribution in [2.24, 2.45) is 28.6 Å². The molecule has 4 aliphatic carbocycles. The minimum absolute atomic E-state index is 0. The Labute approximate surface area is 214 Å². The van der Waals surface area contributed by atoms with Crippen LogP contribution < -0.4 is 59.1 Å². The van der Waals surface area contributed by atoms with Crippen LogP contribution in [0.1, 0.15) is 61.6 Å². The number of ketones is 2. The monoisotopic (exact) mass is 410 g/mol. The van der Waals surface area contributed by atoms with Crippen LogP contribution in [-0.2, 0) is 9.59 Å². The Kier molecular flexibility index (Phi) is 7.64. The van der Waals surface area contributed by atoms with Crippen LogP contribution in [0.5, 0.6) is 0 Å². The number of carbonyl (C=O) groups excluding carboxylic acids is 2. The zero-order valence-electron chi connectivity index (χ0n) is 19.7. The fourth-order valence-electron chi connectivity index (χ4n) is 7.28. The number of carbonyl (C=O) groups is 2. The molecular formula is C21H32Na2O5. The zero-order chi connectivity index (χ0) is 18.9. The molecule has 0 aromatic rings. The third-order valence-corrected chi connectivity index (χ3v) is 8.65. The maximum Gasteiger partial charge on any atom is 1.00 e. The molecule has 0 saturated heterocycles. The average molecular weight is 410 g/mol. The number of allylic oxidation sites excluding steroid dienone is 1. The first-order valence-corrected chi connectivity index (χ1v) is 9.96. The molecule has 4 rings (SSSR count). The number of aliphatic hydroxyl groups excluding tert-OH is 2. The van der Waals surface area contributed by atoms with Crippen LogP contribution in [0.2, 0.25) is 0 Å². The summed E-state index contributed by atoms with van der Waals surface area (Å²) in [5.41, 5.74) is -1.23. The van der Waals surface area contributed by atoms with Crippen molar-refractivity contribution in [2.45, 2.75) is 70.5 Å². The summed E-state index contributed by atoms with van der Waals surface area (Å²) in [6.07, 6.45) is 5.74. The quantitative estimate of drug-likeness (QED) is 0.404. The van der Waals surface area contributed by atoms with E-state index in [1.54, 1.807) is 6.08 Å². The molecule has 0 aromatic heterocycles. The number of rotatable bonds is 2. The topological polar surface area (TPSA) is 94.8 Å². The predicted octanol–water partition coefficient (Wildman–Crippen LogP) is -3.99. The van der Waals surface area contributed by atoms with Gasteiger partial charge in [-0.05, 0) is 67.8 Å². The normalized spacial score (nSPS) is 46.9. The SMILES string of the molecule is C[C@]12CCC(=O)C=C1CC[C@@H]1[C@@H]2[C@@H](O)C[C@@]2(C)[C@H]1CC[C@]2(O)C(=O)CO.[H-].[H-].[Na+].[Na+]. The summed E-state index contributed by atoms with van der Waals surface area (Å²) < 4.78 is 0. The molecule has 0 aromatic carbocycles. The van der Waals surface area contributed by atoms with Crippen molar-refractivity contribution in [1.82, 2.24) is 0 Å². The Balaban J connectivity index is 0.00000210. The molecule has 28 heavy (non-hydrogen) atoms. The van der Waals surface area contributed by atoms with Crippen molar-refractivity contribution >= 4 is 11.6 Å². The predicted molar refractivity (Wildman–Crippen MR) is 97.4 cm³/mol. The van der Waals surface area contributed by atoms with E-state index in [1.165, 1.54) is 5.57 Å². The van der Waals surface area contributed by atoms with Crippen LogP contribution in [0.25, 0.3) is 0 Å². The minimum atomic E-state index is -1.54. The molecule has 7 atom stereocenters. The van der Waals surface area contributed by atoms with Crippen LogP contribution in [0.15, 0.2) is 11.6 Å². The molecule has 5 nitrogen and oxygen atoms in total. The molecule has 0 bridgehead atoms. The van der Waals surface area contributed by atoms with E-state index >= 15 is 0 Å². The first-order chi connectivity index (χ1) is 12.2. The van der Waals surface area contributed by atoms with E-state index in [-0.39, 0.29) is 90.9 Å². The van der Waals surface area contributed by atoms with Gasteiger partial charge in [0.15, 0.2) is 11.6 Å². The van der Waals surface area contributed by atoms with E-state index in [9.17, 15) is 24.9 Å². The number of Topliss-reactive ketones (excluding diaryl/α,β-unsaturated/α-hetero) is 1. The Bertz CT molecular complexity index is 705. The molecule has 7 heteroatoms. The zero-order valence-corrected chi connectivity index (χ0v) is 21.7. The second-order valence-corrected chi connectivity index (χ2v) is 9.56. The van der Waals surface area contributed by atoms with Gasteiger partial charge in [0.1, 0.15) is 12.2 Å². The summed E-state index contributed by atoms with van der Waals surface area (Å²) in [6.45, 7) is 3.46. The van der Waals surface area contributed by atoms with Gasteiger partial charge < -0.3 is 18.2 Å². The van der Waals surface area contributed by atoms with Gasteiger partial charge in [0, 0.05) is 11.8 Å². The van der Waals surface area contributed by atoms with E-state index in [0.717, 1.165) is 25.7 Å². The van der Waals surface area contributed by atoms with E-state index in [2.05, 4.69) is 6.92 Å². The van der Waals surface area contributed by atoms with Crippen LogP contribution >= 0.6 is 0 Å². The maximum atomic E-state index is 12.4. The van der Waals surface area contributed by atoms with Crippen LogP contribution in [0, 0.1) is 28.6 Å². The molecule has 148 valence electrons. The Morgan fingerprint density at radius 2 is 1.89 bits per heavy atom. The second-order valence-electron chi connectivity index (χ2n) is 9.56. The summed E-state index contributed by atoms with van der Waals surface area (Å²) in [7, 11) is 0. The first-order valence-electron chi connectivity index (χ1n) is 9.96. The summed E-state index contributed by atoms with van der Waals surface area (Å²) in [5.74, 6) is 0.140. The fraction of sp³-hybridized carbons (Fsp3) is 0.810. The molecule has 3 N–H and O–H groups in total. The summed E-state index contributed by atoms with van der Waals surface area (Å²) in [5, 5.41) is 31.7. The molecule has 0 unspecified atom stereocenters.